The minimum Gasteiger partial charge on any atom is -0.481 e. The third-order valence-electron chi connectivity index (χ3n) is 3.25. The van der Waals surface area contributed by atoms with Crippen LogP contribution in [0.5, 0.6) is 0 Å². The van der Waals surface area contributed by atoms with Gasteiger partial charge in [-0.2, -0.15) is 5.10 Å². The van der Waals surface area contributed by atoms with Crippen LogP contribution in [0.4, 0.5) is 0 Å². The highest BCUT2D eigenvalue weighted by Crippen LogP contribution is 2.25. The van der Waals surface area contributed by atoms with Crippen LogP contribution >= 0.6 is 11.6 Å². The molecule has 3 N–H and O–H groups in total. The molecule has 0 bridgehead atoms. The second-order valence-corrected chi connectivity index (χ2v) is 5.06. The molecule has 0 aliphatic carbocycles. The Morgan fingerprint density at radius 2 is 2.21 bits per heavy atom. The predicted octanol–water partition coefficient (Wildman–Crippen LogP) is 2.24. The highest BCUT2D eigenvalue weighted by molar-refractivity contribution is 6.31. The summed E-state index contributed by atoms with van der Waals surface area (Å²) in [6.45, 7) is 5.09. The van der Waals surface area contributed by atoms with Crippen molar-refractivity contribution in [3.8, 4) is 0 Å². The van der Waals surface area contributed by atoms with Crippen LogP contribution in [0.1, 0.15) is 37.6 Å². The second-order valence-electron chi connectivity index (χ2n) is 4.69. The minimum absolute atomic E-state index is 0.424. The van der Waals surface area contributed by atoms with E-state index in [-0.39, 0.29) is 0 Å². The summed E-state index contributed by atoms with van der Waals surface area (Å²) in [6.07, 6.45) is 2.72. The normalized spacial score (nSPS) is 12.6. The van der Waals surface area contributed by atoms with Gasteiger partial charge in [0, 0.05) is 13.0 Å². The highest BCUT2D eigenvalue weighted by Gasteiger charge is 2.22. The van der Waals surface area contributed by atoms with E-state index >= 15 is 0 Å². The molecule has 0 saturated carbocycles. The van der Waals surface area contributed by atoms with Gasteiger partial charge in [0.15, 0.2) is 0 Å². The first-order valence-corrected chi connectivity index (χ1v) is 7.03. The lowest BCUT2D eigenvalue weighted by Gasteiger charge is -2.13. The van der Waals surface area contributed by atoms with Crippen LogP contribution in [0.25, 0.3) is 0 Å². The number of aryl methyl sites for hydroxylation is 2. The molecule has 1 rings (SSSR count). The van der Waals surface area contributed by atoms with Crippen LogP contribution < -0.4 is 5.73 Å². The van der Waals surface area contributed by atoms with Crippen molar-refractivity contribution in [3.63, 3.8) is 0 Å². The third kappa shape index (κ3) is 4.21. The van der Waals surface area contributed by atoms with Crippen molar-refractivity contribution in [3.05, 3.63) is 16.4 Å². The van der Waals surface area contributed by atoms with Gasteiger partial charge in [-0.15, -0.1) is 0 Å². The van der Waals surface area contributed by atoms with E-state index in [2.05, 4.69) is 5.10 Å². The second kappa shape index (κ2) is 7.50. The first-order valence-electron chi connectivity index (χ1n) is 6.65. The van der Waals surface area contributed by atoms with Gasteiger partial charge in [0.25, 0.3) is 0 Å². The lowest BCUT2D eigenvalue weighted by atomic mass is 9.96. The number of carboxylic acids is 1. The fourth-order valence-corrected chi connectivity index (χ4v) is 2.36. The molecule has 1 atom stereocenters. The maximum absolute atomic E-state index is 11.3. The summed E-state index contributed by atoms with van der Waals surface area (Å²) < 4.78 is 1.79. The number of rotatable bonds is 8. The largest absolute Gasteiger partial charge is 0.481 e. The molecule has 0 aliphatic heterocycles. The van der Waals surface area contributed by atoms with E-state index in [1.165, 1.54) is 0 Å². The molecule has 6 heteroatoms. The quantitative estimate of drug-likeness (QED) is 0.719. The Morgan fingerprint density at radius 1 is 1.53 bits per heavy atom. The van der Waals surface area contributed by atoms with Gasteiger partial charge >= 0.3 is 5.97 Å². The van der Waals surface area contributed by atoms with Crippen molar-refractivity contribution in [2.45, 2.75) is 46.1 Å². The van der Waals surface area contributed by atoms with E-state index in [1.54, 1.807) is 4.68 Å². The van der Waals surface area contributed by atoms with Crippen molar-refractivity contribution < 1.29 is 9.90 Å². The molecule has 0 spiro atoms. The molecule has 0 aromatic carbocycles. The summed E-state index contributed by atoms with van der Waals surface area (Å²) in [7, 11) is 0. The van der Waals surface area contributed by atoms with Gasteiger partial charge in [-0.05, 0) is 33.2 Å². The average molecular weight is 288 g/mol. The Balaban J connectivity index is 2.81. The Kier molecular flexibility index (Phi) is 6.31. The van der Waals surface area contributed by atoms with E-state index < -0.39 is 11.9 Å². The van der Waals surface area contributed by atoms with Crippen LogP contribution in [-0.2, 0) is 17.8 Å². The molecule has 1 heterocycles. The van der Waals surface area contributed by atoms with Crippen molar-refractivity contribution >= 4 is 17.6 Å². The predicted molar refractivity (Wildman–Crippen MR) is 75.4 cm³/mol. The zero-order valence-corrected chi connectivity index (χ0v) is 12.3. The zero-order valence-electron chi connectivity index (χ0n) is 11.5. The highest BCUT2D eigenvalue weighted by atomic mass is 35.5. The SMILES string of the molecule is CCn1nc(C)c(Cl)c1CC(CCCCN)C(=O)O. The summed E-state index contributed by atoms with van der Waals surface area (Å²) in [5.41, 5.74) is 7.01. The van der Waals surface area contributed by atoms with Crippen molar-refractivity contribution in [1.29, 1.82) is 0 Å². The summed E-state index contributed by atoms with van der Waals surface area (Å²) >= 11 is 6.21. The van der Waals surface area contributed by atoms with E-state index in [0.29, 0.717) is 31.0 Å². The molecule has 0 saturated heterocycles. The number of aromatic nitrogens is 2. The molecule has 1 aromatic rings. The molecule has 5 nitrogen and oxygen atoms in total. The zero-order chi connectivity index (χ0) is 14.4. The van der Waals surface area contributed by atoms with E-state index in [0.717, 1.165) is 24.2 Å². The van der Waals surface area contributed by atoms with Crippen molar-refractivity contribution in [2.75, 3.05) is 6.54 Å². The first kappa shape index (κ1) is 16.0. The van der Waals surface area contributed by atoms with E-state index in [9.17, 15) is 9.90 Å². The van der Waals surface area contributed by atoms with Crippen molar-refractivity contribution in [2.24, 2.45) is 11.7 Å². The summed E-state index contributed by atoms with van der Waals surface area (Å²) in [5.74, 6) is -1.21. The topological polar surface area (TPSA) is 81.1 Å². The molecule has 19 heavy (non-hydrogen) atoms. The Morgan fingerprint density at radius 3 is 2.74 bits per heavy atom. The molecule has 0 amide bonds. The molecule has 0 radical (unpaired) electrons. The smallest absolute Gasteiger partial charge is 0.306 e. The average Bonchev–Trinajstić information content (AvgIpc) is 2.64. The maximum Gasteiger partial charge on any atom is 0.306 e. The van der Waals surface area contributed by atoms with Gasteiger partial charge in [0.1, 0.15) is 0 Å². The third-order valence-corrected chi connectivity index (χ3v) is 3.74. The Labute approximate surface area is 118 Å². The molecule has 108 valence electrons. The Hall–Kier alpha value is -1.07. The Bertz CT molecular complexity index is 432. The fourth-order valence-electron chi connectivity index (χ4n) is 2.15. The van der Waals surface area contributed by atoms with Gasteiger partial charge in [-0.1, -0.05) is 18.0 Å². The standard InChI is InChI=1S/C13H22ClN3O2/c1-3-17-11(12(14)9(2)16-17)8-10(13(18)19)6-4-5-7-15/h10H,3-8,15H2,1-2H3,(H,18,19). The number of nitrogens with two attached hydrogens (primary N) is 1. The van der Waals surface area contributed by atoms with Gasteiger partial charge < -0.3 is 10.8 Å². The fraction of sp³-hybridized carbons (Fsp3) is 0.692. The maximum atomic E-state index is 11.3. The van der Waals surface area contributed by atoms with Crippen LogP contribution in [0.15, 0.2) is 0 Å². The number of hydrogen-bond acceptors (Lipinski definition) is 3. The van der Waals surface area contributed by atoms with Crippen LogP contribution in [0.2, 0.25) is 5.02 Å². The number of nitrogens with zero attached hydrogens (tertiary/aromatic N) is 2. The summed E-state index contributed by atoms with van der Waals surface area (Å²) in [4.78, 5) is 11.3. The summed E-state index contributed by atoms with van der Waals surface area (Å²) in [5, 5.41) is 14.2. The number of carboxylic acid groups (broad SMARTS) is 1. The lowest BCUT2D eigenvalue weighted by Crippen LogP contribution is -2.19. The number of hydrogen-bond donors (Lipinski definition) is 2. The van der Waals surface area contributed by atoms with Gasteiger partial charge in [-0.25, -0.2) is 0 Å². The molecule has 0 fully saturated rings. The van der Waals surface area contributed by atoms with E-state index in [1.807, 2.05) is 13.8 Å². The molecule has 1 aromatic heterocycles. The molecule has 0 aliphatic rings. The first-order chi connectivity index (χ1) is 9.01. The monoisotopic (exact) mass is 287 g/mol. The number of aliphatic carboxylic acids is 1. The summed E-state index contributed by atoms with van der Waals surface area (Å²) in [6, 6.07) is 0. The van der Waals surface area contributed by atoms with Crippen LogP contribution in [0.3, 0.4) is 0 Å². The van der Waals surface area contributed by atoms with Gasteiger partial charge in [0.2, 0.25) is 0 Å². The van der Waals surface area contributed by atoms with Crippen LogP contribution in [-0.4, -0.2) is 27.4 Å². The minimum atomic E-state index is -0.783. The molecule has 1 unspecified atom stereocenters. The molecular weight excluding hydrogens is 266 g/mol. The molecular formula is C13H22ClN3O2. The van der Waals surface area contributed by atoms with Crippen LogP contribution in [0, 0.1) is 12.8 Å². The van der Waals surface area contributed by atoms with Gasteiger partial charge in [-0.3, -0.25) is 9.48 Å². The van der Waals surface area contributed by atoms with Gasteiger partial charge in [0.05, 0.1) is 22.3 Å². The van der Waals surface area contributed by atoms with E-state index in [4.69, 9.17) is 17.3 Å². The van der Waals surface area contributed by atoms with Crippen molar-refractivity contribution in [1.82, 2.24) is 9.78 Å². The number of unbranched alkanes of at least 4 members (excludes halogenated alkanes) is 1. The number of carbonyl (C=O) groups is 1. The lowest BCUT2D eigenvalue weighted by molar-refractivity contribution is -0.142. The number of halogens is 1.